The molecule has 0 fully saturated rings. The van der Waals surface area contributed by atoms with Crippen molar-refractivity contribution in [1.29, 1.82) is 0 Å². The lowest BCUT2D eigenvalue weighted by Gasteiger charge is -2.34. The quantitative estimate of drug-likeness (QED) is 0.777. The molecule has 0 unspecified atom stereocenters. The van der Waals surface area contributed by atoms with Crippen LogP contribution in [0.3, 0.4) is 0 Å². The van der Waals surface area contributed by atoms with Crippen LogP contribution in [0, 0.1) is 0 Å². The largest absolute Gasteiger partial charge is 0.480 e. The number of carboxylic acid groups (broad SMARTS) is 1. The predicted octanol–water partition coefficient (Wildman–Crippen LogP) is 2.02. The number of amides is 2. The minimum Gasteiger partial charge on any atom is -0.480 e. The summed E-state index contributed by atoms with van der Waals surface area (Å²) in [7, 11) is 0. The fourth-order valence-electron chi connectivity index (χ4n) is 1.60. The Hall–Kier alpha value is -1.26. The van der Waals surface area contributed by atoms with Gasteiger partial charge in [-0.25, -0.2) is 4.79 Å². The summed E-state index contributed by atoms with van der Waals surface area (Å²) in [5.74, 6) is -0.979. The van der Waals surface area contributed by atoms with E-state index in [1.807, 2.05) is 34.6 Å². The molecule has 5 heteroatoms. The maximum Gasteiger partial charge on any atom is 0.323 e. The van der Waals surface area contributed by atoms with E-state index in [-0.39, 0.29) is 24.7 Å². The lowest BCUT2D eigenvalue weighted by atomic mass is 10.2. The van der Waals surface area contributed by atoms with Crippen molar-refractivity contribution < 1.29 is 14.7 Å². The first-order chi connectivity index (χ1) is 7.81. The van der Waals surface area contributed by atoms with E-state index in [4.69, 9.17) is 5.11 Å². The van der Waals surface area contributed by atoms with Gasteiger partial charge in [0.25, 0.3) is 0 Å². The second-order valence-corrected chi connectivity index (χ2v) is 4.69. The number of carbonyl (C=O) groups is 2. The summed E-state index contributed by atoms with van der Waals surface area (Å²) in [6.45, 7) is 9.93. The Kier molecular flexibility index (Phi) is 6.61. The van der Waals surface area contributed by atoms with Crippen LogP contribution < -0.4 is 0 Å². The zero-order valence-corrected chi connectivity index (χ0v) is 11.4. The Bertz CT molecular complexity index is 264. The highest BCUT2D eigenvalue weighted by atomic mass is 16.4. The monoisotopic (exact) mass is 244 g/mol. The van der Waals surface area contributed by atoms with Crippen molar-refractivity contribution in [2.45, 2.75) is 53.1 Å². The van der Waals surface area contributed by atoms with Crippen molar-refractivity contribution in [2.75, 3.05) is 13.1 Å². The van der Waals surface area contributed by atoms with E-state index in [9.17, 15) is 9.59 Å². The Morgan fingerprint density at radius 1 is 1.06 bits per heavy atom. The molecular weight excluding hydrogens is 220 g/mol. The van der Waals surface area contributed by atoms with Crippen molar-refractivity contribution in [3.8, 4) is 0 Å². The molecule has 0 aromatic carbocycles. The summed E-state index contributed by atoms with van der Waals surface area (Å²) in [6, 6.07) is -0.228. The standard InChI is InChI=1S/C12H24N2O3/c1-6-7-13(9(2)3)12(17)14(10(4)5)8-11(15)16/h9-10H,6-8H2,1-5H3,(H,15,16). The number of urea groups is 1. The van der Waals surface area contributed by atoms with Crippen LogP contribution in [0.25, 0.3) is 0 Å². The fourth-order valence-corrected chi connectivity index (χ4v) is 1.60. The van der Waals surface area contributed by atoms with Crippen LogP contribution in [-0.2, 0) is 4.79 Å². The molecule has 100 valence electrons. The highest BCUT2D eigenvalue weighted by Crippen LogP contribution is 2.09. The second kappa shape index (κ2) is 7.14. The lowest BCUT2D eigenvalue weighted by molar-refractivity contribution is -0.138. The molecule has 0 saturated heterocycles. The number of aliphatic carboxylic acids is 1. The van der Waals surface area contributed by atoms with Crippen LogP contribution in [0.1, 0.15) is 41.0 Å². The number of hydrogen-bond donors (Lipinski definition) is 1. The molecule has 0 aromatic rings. The molecule has 0 radical (unpaired) electrons. The summed E-state index contributed by atoms with van der Waals surface area (Å²) in [6.07, 6.45) is 0.864. The van der Waals surface area contributed by atoms with Crippen LogP contribution in [0.4, 0.5) is 4.79 Å². The first kappa shape index (κ1) is 15.7. The van der Waals surface area contributed by atoms with Crippen LogP contribution in [0.2, 0.25) is 0 Å². The maximum absolute atomic E-state index is 12.2. The van der Waals surface area contributed by atoms with Gasteiger partial charge >= 0.3 is 12.0 Å². The van der Waals surface area contributed by atoms with Gasteiger partial charge in [0.15, 0.2) is 0 Å². The average molecular weight is 244 g/mol. The van der Waals surface area contributed by atoms with Gasteiger partial charge < -0.3 is 14.9 Å². The Labute approximate surface area is 103 Å². The predicted molar refractivity (Wildman–Crippen MR) is 67.0 cm³/mol. The first-order valence-electron chi connectivity index (χ1n) is 6.10. The molecular formula is C12H24N2O3. The smallest absolute Gasteiger partial charge is 0.323 e. The maximum atomic E-state index is 12.2. The van der Waals surface area contributed by atoms with Crippen LogP contribution in [-0.4, -0.2) is 52.1 Å². The topological polar surface area (TPSA) is 60.9 Å². The first-order valence-corrected chi connectivity index (χ1v) is 6.10. The van der Waals surface area contributed by atoms with E-state index < -0.39 is 5.97 Å². The van der Waals surface area contributed by atoms with Gasteiger partial charge in [-0.3, -0.25) is 4.79 Å². The van der Waals surface area contributed by atoms with E-state index in [0.717, 1.165) is 6.42 Å². The van der Waals surface area contributed by atoms with E-state index in [1.54, 1.807) is 4.90 Å². The molecule has 0 aliphatic carbocycles. The zero-order chi connectivity index (χ0) is 13.6. The van der Waals surface area contributed by atoms with Crippen molar-refractivity contribution in [3.63, 3.8) is 0 Å². The Balaban J connectivity index is 4.83. The fraction of sp³-hybridized carbons (Fsp3) is 0.833. The van der Waals surface area contributed by atoms with Gasteiger partial charge in [-0.05, 0) is 34.1 Å². The summed E-state index contributed by atoms with van der Waals surface area (Å²) in [4.78, 5) is 26.1. The normalized spacial score (nSPS) is 10.8. The number of carbonyl (C=O) groups excluding carboxylic acids is 1. The average Bonchev–Trinajstić information content (AvgIpc) is 2.20. The Morgan fingerprint density at radius 3 is 1.82 bits per heavy atom. The molecule has 0 saturated carbocycles. The number of hydrogen-bond acceptors (Lipinski definition) is 2. The number of carboxylic acids is 1. The lowest BCUT2D eigenvalue weighted by Crippen LogP contribution is -2.50. The van der Waals surface area contributed by atoms with Crippen molar-refractivity contribution >= 4 is 12.0 Å². The Morgan fingerprint density at radius 2 is 1.53 bits per heavy atom. The van der Waals surface area contributed by atoms with Gasteiger partial charge in [-0.2, -0.15) is 0 Å². The summed E-state index contributed by atoms with van der Waals surface area (Å²) < 4.78 is 0. The molecule has 0 aliphatic rings. The molecule has 2 amide bonds. The minimum absolute atomic E-state index is 0.0810. The third kappa shape index (κ3) is 5.06. The van der Waals surface area contributed by atoms with Gasteiger partial charge in [-0.1, -0.05) is 6.92 Å². The molecule has 0 rings (SSSR count). The highest BCUT2D eigenvalue weighted by molar-refractivity contribution is 5.80. The summed E-state index contributed by atoms with van der Waals surface area (Å²) >= 11 is 0. The van der Waals surface area contributed by atoms with Gasteiger partial charge in [0.1, 0.15) is 6.54 Å². The summed E-state index contributed by atoms with van der Waals surface area (Å²) in [5, 5.41) is 8.82. The minimum atomic E-state index is -0.979. The van der Waals surface area contributed by atoms with Gasteiger partial charge in [0, 0.05) is 18.6 Å². The van der Waals surface area contributed by atoms with Gasteiger partial charge in [0.05, 0.1) is 0 Å². The molecule has 0 heterocycles. The number of nitrogens with zero attached hydrogens (tertiary/aromatic N) is 2. The van der Waals surface area contributed by atoms with Crippen molar-refractivity contribution in [3.05, 3.63) is 0 Å². The molecule has 0 spiro atoms. The van der Waals surface area contributed by atoms with Crippen molar-refractivity contribution in [1.82, 2.24) is 9.80 Å². The summed E-state index contributed by atoms with van der Waals surface area (Å²) in [5.41, 5.74) is 0. The third-order valence-electron chi connectivity index (χ3n) is 2.51. The molecule has 0 aliphatic heterocycles. The van der Waals surface area contributed by atoms with E-state index >= 15 is 0 Å². The van der Waals surface area contributed by atoms with E-state index in [0.29, 0.717) is 6.54 Å². The molecule has 0 aromatic heterocycles. The van der Waals surface area contributed by atoms with E-state index in [1.165, 1.54) is 4.90 Å². The van der Waals surface area contributed by atoms with Crippen LogP contribution in [0.15, 0.2) is 0 Å². The van der Waals surface area contributed by atoms with Crippen LogP contribution in [0.5, 0.6) is 0 Å². The molecule has 1 N–H and O–H groups in total. The van der Waals surface area contributed by atoms with Crippen LogP contribution >= 0.6 is 0 Å². The van der Waals surface area contributed by atoms with Gasteiger partial charge in [0.2, 0.25) is 0 Å². The molecule has 0 atom stereocenters. The van der Waals surface area contributed by atoms with Crippen molar-refractivity contribution in [2.24, 2.45) is 0 Å². The van der Waals surface area contributed by atoms with E-state index in [2.05, 4.69) is 0 Å². The second-order valence-electron chi connectivity index (χ2n) is 4.69. The SMILES string of the molecule is CCCN(C(=O)N(CC(=O)O)C(C)C)C(C)C. The molecule has 5 nitrogen and oxygen atoms in total. The third-order valence-corrected chi connectivity index (χ3v) is 2.51. The highest BCUT2D eigenvalue weighted by Gasteiger charge is 2.26. The zero-order valence-electron chi connectivity index (χ0n) is 11.4. The molecule has 0 bridgehead atoms. The molecule has 17 heavy (non-hydrogen) atoms. The number of rotatable bonds is 6. The van der Waals surface area contributed by atoms with Gasteiger partial charge in [-0.15, -0.1) is 0 Å².